The molecule has 0 bridgehead atoms. The zero-order valence-corrected chi connectivity index (χ0v) is 17.9. The summed E-state index contributed by atoms with van der Waals surface area (Å²) in [5.74, 6) is 1.15. The highest BCUT2D eigenvalue weighted by molar-refractivity contribution is 8.07. The van der Waals surface area contributed by atoms with Crippen LogP contribution in [0, 0.1) is 10.1 Å². The first-order valence-corrected chi connectivity index (χ1v) is 11.5. The molecule has 0 aliphatic heterocycles. The van der Waals surface area contributed by atoms with Gasteiger partial charge in [-0.15, -0.1) is 11.3 Å². The molecule has 0 radical (unpaired) electrons. The van der Waals surface area contributed by atoms with Gasteiger partial charge < -0.3 is 4.74 Å². The van der Waals surface area contributed by atoms with E-state index in [0.717, 1.165) is 35.6 Å². The molecule has 4 rings (SSSR count). The summed E-state index contributed by atoms with van der Waals surface area (Å²) in [6.45, 7) is 0. The van der Waals surface area contributed by atoms with Gasteiger partial charge in [-0.25, -0.2) is 13.4 Å². The maximum absolute atomic E-state index is 12.7. The van der Waals surface area contributed by atoms with Gasteiger partial charge in [0, 0.05) is 23.9 Å². The molecule has 32 heavy (non-hydrogen) atoms. The smallest absolute Gasteiger partial charge is 0.309 e. The van der Waals surface area contributed by atoms with Crippen LogP contribution in [0.5, 0.6) is 11.5 Å². The minimum absolute atomic E-state index is 0.215. The van der Waals surface area contributed by atoms with Crippen LogP contribution in [0.25, 0.3) is 10.4 Å². The van der Waals surface area contributed by atoms with Gasteiger partial charge >= 0.3 is 5.12 Å². The largest absolute Gasteiger partial charge is 0.457 e. The lowest BCUT2D eigenvalue weighted by molar-refractivity contribution is -0.384. The average Bonchev–Trinajstić information content (AvgIpc) is 3.29. The van der Waals surface area contributed by atoms with E-state index in [1.54, 1.807) is 36.4 Å². The summed E-state index contributed by atoms with van der Waals surface area (Å²) >= 11 is 0.920. The molecule has 1 heterocycles. The number of para-hydroxylation sites is 2. The van der Waals surface area contributed by atoms with E-state index in [1.165, 1.54) is 6.20 Å². The molecule has 0 saturated carbocycles. The van der Waals surface area contributed by atoms with E-state index in [2.05, 4.69) is 4.98 Å². The Labute approximate surface area is 186 Å². The van der Waals surface area contributed by atoms with E-state index in [-0.39, 0.29) is 15.6 Å². The normalized spacial score (nSPS) is 11.1. The van der Waals surface area contributed by atoms with Crippen LogP contribution >= 0.6 is 11.3 Å². The van der Waals surface area contributed by atoms with Gasteiger partial charge in [0.1, 0.15) is 11.5 Å². The van der Waals surface area contributed by atoms with Crippen molar-refractivity contribution in [1.29, 1.82) is 0 Å². The van der Waals surface area contributed by atoms with Crippen molar-refractivity contribution in [1.82, 2.24) is 4.98 Å². The SMILES string of the molecule is O=C(c1ncc(-c2ccccc2Oc2ccccc2)s1)S(=O)(=O)c1ccc([N+](=O)[O-])cc1. The predicted molar refractivity (Wildman–Crippen MR) is 119 cm³/mol. The third-order valence-corrected chi connectivity index (χ3v) is 7.14. The maximum atomic E-state index is 12.7. The molecule has 8 nitrogen and oxygen atoms in total. The number of nitrogens with zero attached hydrogens (tertiary/aromatic N) is 2. The molecule has 0 amide bonds. The fourth-order valence-corrected chi connectivity index (χ4v) is 5.06. The summed E-state index contributed by atoms with van der Waals surface area (Å²) < 4.78 is 31.3. The number of nitro benzene ring substituents is 1. The Morgan fingerprint density at radius 1 is 0.938 bits per heavy atom. The third kappa shape index (κ3) is 4.27. The van der Waals surface area contributed by atoms with Gasteiger partial charge in [-0.2, -0.15) is 0 Å². The van der Waals surface area contributed by atoms with Crippen molar-refractivity contribution in [3.63, 3.8) is 0 Å². The standard InChI is InChI=1S/C22H14N2O6S2/c25-22(32(28,29)17-12-10-15(11-13-17)24(26)27)21-23-14-20(31-21)18-8-4-5-9-19(18)30-16-6-2-1-3-7-16/h1-14H. The predicted octanol–water partition coefficient (Wildman–Crippen LogP) is 5.12. The van der Waals surface area contributed by atoms with Gasteiger partial charge in [-0.1, -0.05) is 30.3 Å². The monoisotopic (exact) mass is 466 g/mol. The average molecular weight is 466 g/mol. The molecule has 0 aliphatic rings. The van der Waals surface area contributed by atoms with Crippen molar-refractivity contribution in [3.05, 3.63) is 100 Å². The number of hydrogen-bond acceptors (Lipinski definition) is 8. The Morgan fingerprint density at radius 2 is 1.59 bits per heavy atom. The Hall–Kier alpha value is -3.89. The van der Waals surface area contributed by atoms with Crippen molar-refractivity contribution in [2.75, 3.05) is 0 Å². The van der Waals surface area contributed by atoms with Crippen LogP contribution in [0.15, 0.2) is 90.0 Å². The molecule has 0 unspecified atom stereocenters. The van der Waals surface area contributed by atoms with Crippen LogP contribution in [-0.2, 0) is 9.84 Å². The van der Waals surface area contributed by atoms with Gasteiger partial charge in [0.25, 0.3) is 5.69 Å². The van der Waals surface area contributed by atoms with E-state index in [0.29, 0.717) is 21.9 Å². The number of nitro groups is 1. The Morgan fingerprint density at radius 3 is 2.28 bits per heavy atom. The minimum Gasteiger partial charge on any atom is -0.457 e. The Balaban J connectivity index is 1.63. The molecule has 160 valence electrons. The molecular formula is C22H14N2O6S2. The molecule has 4 aromatic rings. The first-order chi connectivity index (χ1) is 15.4. The van der Waals surface area contributed by atoms with Crippen LogP contribution in [-0.4, -0.2) is 23.4 Å². The lowest BCUT2D eigenvalue weighted by Crippen LogP contribution is -2.15. The summed E-state index contributed by atoms with van der Waals surface area (Å²) in [5, 5.41) is 9.38. The van der Waals surface area contributed by atoms with Crippen molar-refractivity contribution >= 4 is 32.0 Å². The quantitative estimate of drug-likeness (QED) is 0.286. The van der Waals surface area contributed by atoms with Crippen LogP contribution in [0.4, 0.5) is 5.69 Å². The number of carbonyl (C=O) groups is 1. The number of hydrogen-bond donors (Lipinski definition) is 0. The highest BCUT2D eigenvalue weighted by Gasteiger charge is 2.30. The van der Waals surface area contributed by atoms with Gasteiger partial charge in [-0.3, -0.25) is 14.9 Å². The number of rotatable bonds is 6. The maximum Gasteiger partial charge on any atom is 0.309 e. The molecule has 10 heteroatoms. The van der Waals surface area contributed by atoms with Crippen molar-refractivity contribution in [3.8, 4) is 21.9 Å². The summed E-state index contributed by atoms with van der Waals surface area (Å²) in [6, 6.07) is 20.4. The molecular weight excluding hydrogens is 452 g/mol. The van der Waals surface area contributed by atoms with Crippen LogP contribution < -0.4 is 4.74 Å². The zero-order chi connectivity index (χ0) is 22.7. The van der Waals surface area contributed by atoms with Crippen LogP contribution in [0.2, 0.25) is 0 Å². The molecule has 0 N–H and O–H groups in total. The summed E-state index contributed by atoms with van der Waals surface area (Å²) in [7, 11) is -4.41. The number of sulfone groups is 1. The number of thiazole rings is 1. The lowest BCUT2D eigenvalue weighted by atomic mass is 10.2. The van der Waals surface area contributed by atoms with E-state index in [1.807, 2.05) is 18.2 Å². The molecule has 0 saturated heterocycles. The van der Waals surface area contributed by atoms with Gasteiger partial charge in [0.05, 0.1) is 14.7 Å². The molecule has 0 aliphatic carbocycles. The Bertz CT molecular complexity index is 1400. The molecule has 3 aromatic carbocycles. The van der Waals surface area contributed by atoms with Gasteiger partial charge in [0.15, 0.2) is 5.01 Å². The molecule has 0 fully saturated rings. The molecule has 0 atom stereocenters. The topological polar surface area (TPSA) is 116 Å². The number of benzene rings is 3. The fraction of sp³-hybridized carbons (Fsp3) is 0. The van der Waals surface area contributed by atoms with Crippen molar-refractivity contribution < 1.29 is 22.9 Å². The second kappa shape index (κ2) is 8.69. The van der Waals surface area contributed by atoms with Crippen LogP contribution in [0.1, 0.15) is 9.80 Å². The highest BCUT2D eigenvalue weighted by atomic mass is 32.2. The number of aromatic nitrogens is 1. The third-order valence-electron chi connectivity index (χ3n) is 4.41. The number of non-ortho nitro benzene ring substituents is 1. The fourth-order valence-electron chi connectivity index (χ4n) is 2.84. The Kier molecular flexibility index (Phi) is 5.80. The molecule has 0 spiro atoms. The zero-order valence-electron chi connectivity index (χ0n) is 16.2. The van der Waals surface area contributed by atoms with E-state index < -0.39 is 19.9 Å². The van der Waals surface area contributed by atoms with Crippen molar-refractivity contribution in [2.24, 2.45) is 0 Å². The van der Waals surface area contributed by atoms with Gasteiger partial charge in [-0.05, 0) is 36.4 Å². The van der Waals surface area contributed by atoms with E-state index in [4.69, 9.17) is 4.74 Å². The first-order valence-electron chi connectivity index (χ1n) is 9.18. The number of carbonyl (C=O) groups excluding carboxylic acids is 1. The molecule has 1 aromatic heterocycles. The van der Waals surface area contributed by atoms with E-state index >= 15 is 0 Å². The summed E-state index contributed by atoms with van der Waals surface area (Å²) in [5.41, 5.74) is 0.378. The second-order valence-corrected chi connectivity index (χ2v) is 9.36. The summed E-state index contributed by atoms with van der Waals surface area (Å²) in [4.78, 5) is 27.0. The second-order valence-electron chi connectivity index (χ2n) is 6.48. The highest BCUT2D eigenvalue weighted by Crippen LogP contribution is 2.36. The lowest BCUT2D eigenvalue weighted by Gasteiger charge is -2.09. The summed E-state index contributed by atoms with van der Waals surface area (Å²) in [6.07, 6.45) is 1.41. The van der Waals surface area contributed by atoms with Crippen molar-refractivity contribution in [2.45, 2.75) is 4.90 Å². The van der Waals surface area contributed by atoms with Gasteiger partial charge in [0.2, 0.25) is 9.84 Å². The first kappa shape index (κ1) is 21.3. The minimum atomic E-state index is -4.41. The van der Waals surface area contributed by atoms with Crippen LogP contribution in [0.3, 0.4) is 0 Å². The van der Waals surface area contributed by atoms with E-state index in [9.17, 15) is 23.3 Å². The number of ether oxygens (including phenoxy) is 1.